The summed E-state index contributed by atoms with van der Waals surface area (Å²) in [6.45, 7) is 11.6. The minimum Gasteiger partial charge on any atom is -0.465 e. The molecule has 29 heavy (non-hydrogen) atoms. The smallest absolute Gasteiger partial charge is 0.404 e. The molecule has 1 heterocycles. The second-order valence-electron chi connectivity index (χ2n) is 8.97. The largest absolute Gasteiger partial charge is 0.465 e. The Morgan fingerprint density at radius 3 is 2.48 bits per heavy atom. The van der Waals surface area contributed by atoms with E-state index >= 15 is 0 Å². The molecule has 2 amide bonds. The molecule has 6 N–H and O–H groups in total. The molecule has 1 aliphatic heterocycles. The average Bonchev–Trinajstić information content (AvgIpc) is 2.57. The summed E-state index contributed by atoms with van der Waals surface area (Å²) < 4.78 is 6.56. The van der Waals surface area contributed by atoms with Crippen molar-refractivity contribution in [2.24, 2.45) is 5.73 Å². The number of carboxylic acid groups (broad SMARTS) is 1. The highest BCUT2D eigenvalue weighted by molar-refractivity contribution is 6.74. The van der Waals surface area contributed by atoms with Crippen LogP contribution in [0.1, 0.15) is 37.6 Å². The minimum absolute atomic E-state index is 0.0307. The highest BCUT2D eigenvalue weighted by Gasteiger charge is 2.43. The Bertz CT molecular complexity index is 797. The van der Waals surface area contributed by atoms with Gasteiger partial charge in [0.1, 0.15) is 0 Å². The molecule has 162 valence electrons. The molecular formula is C19H31ClN4O4Si. The number of benzene rings is 1. The molecule has 0 aliphatic carbocycles. The van der Waals surface area contributed by atoms with Crippen LogP contribution in [-0.4, -0.2) is 50.7 Å². The topological polar surface area (TPSA) is 131 Å². The van der Waals surface area contributed by atoms with Crippen molar-refractivity contribution in [1.29, 1.82) is 0 Å². The number of rotatable bonds is 5. The van der Waals surface area contributed by atoms with Gasteiger partial charge >= 0.3 is 6.09 Å². The molecule has 1 aromatic carbocycles. The Hall–Kier alpha value is -1.97. The molecule has 1 aliphatic rings. The van der Waals surface area contributed by atoms with Crippen LogP contribution < -0.4 is 21.7 Å². The Balaban J connectivity index is 2.37. The number of anilines is 2. The number of hydrogen-bond acceptors (Lipinski definition) is 5. The van der Waals surface area contributed by atoms with Crippen LogP contribution >= 0.6 is 11.6 Å². The van der Waals surface area contributed by atoms with Gasteiger partial charge in [-0.3, -0.25) is 4.79 Å². The van der Waals surface area contributed by atoms with Gasteiger partial charge in [0, 0.05) is 18.7 Å². The molecular weight excluding hydrogens is 412 g/mol. The summed E-state index contributed by atoms with van der Waals surface area (Å²) in [7, 11) is -2.16. The van der Waals surface area contributed by atoms with Gasteiger partial charge in [0.2, 0.25) is 5.91 Å². The third-order valence-electron chi connectivity index (χ3n) is 5.83. The highest BCUT2D eigenvalue weighted by Crippen LogP contribution is 2.39. The van der Waals surface area contributed by atoms with Crippen molar-refractivity contribution < 1.29 is 19.1 Å². The van der Waals surface area contributed by atoms with Crippen LogP contribution in [0.25, 0.3) is 0 Å². The second kappa shape index (κ2) is 8.41. The van der Waals surface area contributed by atoms with Crippen molar-refractivity contribution in [2.75, 3.05) is 23.7 Å². The van der Waals surface area contributed by atoms with E-state index in [9.17, 15) is 14.7 Å². The average molecular weight is 443 g/mol. The summed E-state index contributed by atoms with van der Waals surface area (Å²) in [5.74, 6) is -0.592. The molecule has 2 rings (SSSR count). The van der Waals surface area contributed by atoms with Crippen molar-refractivity contribution in [3.8, 4) is 0 Å². The molecule has 0 bridgehead atoms. The van der Waals surface area contributed by atoms with E-state index in [-0.39, 0.29) is 28.4 Å². The summed E-state index contributed by atoms with van der Waals surface area (Å²) in [6, 6.07) is 2.74. The Morgan fingerprint density at radius 1 is 1.34 bits per heavy atom. The summed E-state index contributed by atoms with van der Waals surface area (Å²) in [6.07, 6.45) is -0.914. The van der Waals surface area contributed by atoms with Gasteiger partial charge in [-0.1, -0.05) is 32.4 Å². The van der Waals surface area contributed by atoms with E-state index in [2.05, 4.69) is 39.2 Å². The number of nitrogen functional groups attached to an aromatic ring is 1. The lowest BCUT2D eigenvalue weighted by Crippen LogP contribution is -2.59. The molecule has 0 aromatic heterocycles. The van der Waals surface area contributed by atoms with Gasteiger partial charge in [-0.05, 0) is 36.7 Å². The van der Waals surface area contributed by atoms with Crippen LogP contribution in [0.2, 0.25) is 23.2 Å². The fourth-order valence-electron chi connectivity index (χ4n) is 3.14. The van der Waals surface area contributed by atoms with Gasteiger partial charge in [0.15, 0.2) is 8.32 Å². The first-order chi connectivity index (χ1) is 13.2. The molecule has 2 atom stereocenters. The molecule has 0 radical (unpaired) electrons. The number of carbonyl (C=O) groups is 2. The molecule has 8 nitrogen and oxygen atoms in total. The maximum Gasteiger partial charge on any atom is 0.404 e. The number of hydrogen-bond donors (Lipinski definition) is 4. The molecule has 1 fully saturated rings. The Kier molecular flexibility index (Phi) is 6.76. The van der Waals surface area contributed by atoms with Crippen LogP contribution in [0, 0.1) is 0 Å². The normalized spacial score (nSPS) is 20.4. The number of amides is 2. The van der Waals surface area contributed by atoms with E-state index in [0.29, 0.717) is 30.2 Å². The Morgan fingerprint density at radius 2 is 1.97 bits per heavy atom. The van der Waals surface area contributed by atoms with Gasteiger partial charge in [-0.2, -0.15) is 0 Å². The van der Waals surface area contributed by atoms with Gasteiger partial charge < -0.3 is 31.2 Å². The Labute approximate surface area is 177 Å². The first-order valence-electron chi connectivity index (χ1n) is 9.54. The zero-order chi connectivity index (χ0) is 22.1. The van der Waals surface area contributed by atoms with Gasteiger partial charge in [0.05, 0.1) is 28.5 Å². The number of halogens is 1. The second-order valence-corrected chi connectivity index (χ2v) is 14.1. The predicted octanol–water partition coefficient (Wildman–Crippen LogP) is 3.26. The SMILES string of the molecule is CC(C)(C)[Si](C)(C)OC1CN(c2cc(C(N)=O)cc(N)c2Cl)CCC1NC(=O)O. The standard InChI is InChI=1S/C19H31ClN4O4Si/c1-19(2,3)29(4,5)28-15-10-24(7-6-13(15)23-18(26)27)14-9-11(17(22)25)8-12(21)16(14)20/h8-9,13,15,23H,6-7,10,21H2,1-5H3,(H2,22,25)(H,26,27). The van der Waals surface area contributed by atoms with Crippen molar-refractivity contribution >= 4 is 43.3 Å². The molecule has 0 spiro atoms. The number of primary amides is 1. The predicted molar refractivity (Wildman–Crippen MR) is 118 cm³/mol. The lowest BCUT2D eigenvalue weighted by Gasteiger charge is -2.46. The number of nitrogens with two attached hydrogens (primary N) is 2. The monoisotopic (exact) mass is 442 g/mol. The number of nitrogens with zero attached hydrogens (tertiary/aromatic N) is 1. The first kappa shape index (κ1) is 23.3. The third kappa shape index (κ3) is 5.34. The van der Waals surface area contributed by atoms with Crippen molar-refractivity contribution in [3.05, 3.63) is 22.7 Å². The molecule has 0 saturated carbocycles. The maximum atomic E-state index is 11.6. The van der Waals surface area contributed by atoms with Crippen molar-refractivity contribution in [1.82, 2.24) is 5.32 Å². The lowest BCUT2D eigenvalue weighted by molar-refractivity contribution is 0.1000. The van der Waals surface area contributed by atoms with E-state index in [4.69, 9.17) is 27.5 Å². The number of piperidine rings is 1. The van der Waals surface area contributed by atoms with Gasteiger partial charge in [-0.15, -0.1) is 0 Å². The van der Waals surface area contributed by atoms with Crippen LogP contribution in [0.3, 0.4) is 0 Å². The van der Waals surface area contributed by atoms with Crippen LogP contribution in [0.4, 0.5) is 16.2 Å². The first-order valence-corrected chi connectivity index (χ1v) is 12.8. The van der Waals surface area contributed by atoms with E-state index < -0.39 is 20.3 Å². The summed E-state index contributed by atoms with van der Waals surface area (Å²) in [5, 5.41) is 12.1. The molecule has 1 saturated heterocycles. The fourth-order valence-corrected chi connectivity index (χ4v) is 4.72. The van der Waals surface area contributed by atoms with E-state index in [1.807, 2.05) is 4.90 Å². The van der Waals surface area contributed by atoms with Crippen molar-refractivity contribution in [3.63, 3.8) is 0 Å². The van der Waals surface area contributed by atoms with Crippen LogP contribution in [0.5, 0.6) is 0 Å². The third-order valence-corrected chi connectivity index (χ3v) is 10.7. The zero-order valence-electron chi connectivity index (χ0n) is 17.6. The number of carbonyl (C=O) groups excluding carboxylic acids is 1. The summed E-state index contributed by atoms with van der Waals surface area (Å²) in [5.41, 5.74) is 12.5. The summed E-state index contributed by atoms with van der Waals surface area (Å²) >= 11 is 6.42. The van der Waals surface area contributed by atoms with E-state index in [1.165, 1.54) is 6.07 Å². The van der Waals surface area contributed by atoms with E-state index in [0.717, 1.165) is 0 Å². The van der Waals surface area contributed by atoms with Gasteiger partial charge in [-0.25, -0.2) is 4.79 Å². The van der Waals surface area contributed by atoms with Crippen LogP contribution in [-0.2, 0) is 4.43 Å². The molecule has 2 unspecified atom stereocenters. The highest BCUT2D eigenvalue weighted by atomic mass is 35.5. The van der Waals surface area contributed by atoms with Gasteiger partial charge in [0.25, 0.3) is 0 Å². The van der Waals surface area contributed by atoms with Crippen LogP contribution in [0.15, 0.2) is 12.1 Å². The molecule has 1 aromatic rings. The fraction of sp³-hybridized carbons (Fsp3) is 0.579. The lowest BCUT2D eigenvalue weighted by atomic mass is 10.0. The van der Waals surface area contributed by atoms with E-state index in [1.54, 1.807) is 6.07 Å². The maximum absolute atomic E-state index is 11.6. The quantitative estimate of drug-likeness (QED) is 0.409. The van der Waals surface area contributed by atoms with Crippen molar-refractivity contribution in [2.45, 2.75) is 57.5 Å². The zero-order valence-corrected chi connectivity index (χ0v) is 19.3. The summed E-state index contributed by atoms with van der Waals surface area (Å²) in [4.78, 5) is 24.9. The molecule has 10 heteroatoms. The number of nitrogens with one attached hydrogen (secondary N) is 1. The minimum atomic E-state index is -2.16.